The number of aryl methyl sites for hydroxylation is 1. The first-order valence-corrected chi connectivity index (χ1v) is 6.40. The van der Waals surface area contributed by atoms with Crippen molar-refractivity contribution in [2.24, 2.45) is 0 Å². The zero-order valence-electron chi connectivity index (χ0n) is 11.0. The Labute approximate surface area is 99.2 Å². The predicted octanol–water partition coefficient (Wildman–Crippen LogP) is 2.78. The van der Waals surface area contributed by atoms with Gasteiger partial charge in [0.25, 0.3) is 0 Å². The fourth-order valence-electron chi connectivity index (χ4n) is 1.62. The number of hydrogen-bond acceptors (Lipinski definition) is 2. The summed E-state index contributed by atoms with van der Waals surface area (Å²) in [7, 11) is 0. The van der Waals surface area contributed by atoms with E-state index in [1.807, 2.05) is 6.20 Å². The standard InChI is InChI=1S/C13H25N3/c1-5-12(4)16-10-13(9-15-16)7-6-8-14-11(2)3/h9-12,14H,5-8H2,1-4H3. The number of rotatable bonds is 7. The maximum absolute atomic E-state index is 4.40. The number of hydrogen-bond donors (Lipinski definition) is 1. The van der Waals surface area contributed by atoms with Crippen LogP contribution in [0.25, 0.3) is 0 Å². The molecular weight excluding hydrogens is 198 g/mol. The van der Waals surface area contributed by atoms with Crippen molar-refractivity contribution in [2.45, 2.75) is 59.0 Å². The molecule has 3 nitrogen and oxygen atoms in total. The molecule has 0 fully saturated rings. The summed E-state index contributed by atoms with van der Waals surface area (Å²) in [6.45, 7) is 9.85. The Hall–Kier alpha value is -0.830. The minimum absolute atomic E-state index is 0.516. The fraction of sp³-hybridized carbons (Fsp3) is 0.769. The van der Waals surface area contributed by atoms with Crippen LogP contribution in [0.1, 0.15) is 52.1 Å². The van der Waals surface area contributed by atoms with Crippen LogP contribution in [0.3, 0.4) is 0 Å². The van der Waals surface area contributed by atoms with Crippen LogP contribution in [-0.4, -0.2) is 22.4 Å². The van der Waals surface area contributed by atoms with Gasteiger partial charge in [-0.25, -0.2) is 0 Å². The van der Waals surface area contributed by atoms with E-state index in [1.54, 1.807) is 0 Å². The smallest absolute Gasteiger partial charge is 0.0521 e. The van der Waals surface area contributed by atoms with Crippen LogP contribution in [0.4, 0.5) is 0 Å². The van der Waals surface area contributed by atoms with Crippen molar-refractivity contribution >= 4 is 0 Å². The predicted molar refractivity (Wildman–Crippen MR) is 68.7 cm³/mol. The zero-order valence-corrected chi connectivity index (χ0v) is 11.0. The van der Waals surface area contributed by atoms with E-state index in [4.69, 9.17) is 0 Å². The molecule has 0 aliphatic rings. The highest BCUT2D eigenvalue weighted by Gasteiger charge is 2.04. The molecule has 1 heterocycles. The van der Waals surface area contributed by atoms with Gasteiger partial charge < -0.3 is 5.32 Å². The third-order valence-corrected chi connectivity index (χ3v) is 2.89. The summed E-state index contributed by atoms with van der Waals surface area (Å²) in [5.41, 5.74) is 1.35. The lowest BCUT2D eigenvalue weighted by atomic mass is 10.2. The van der Waals surface area contributed by atoms with Gasteiger partial charge in [0, 0.05) is 18.3 Å². The maximum atomic E-state index is 4.40. The second-order valence-corrected chi connectivity index (χ2v) is 4.80. The third kappa shape index (κ3) is 4.35. The lowest BCUT2D eigenvalue weighted by Gasteiger charge is -2.08. The molecule has 0 aromatic carbocycles. The summed E-state index contributed by atoms with van der Waals surface area (Å²) in [5, 5.41) is 7.83. The average molecular weight is 223 g/mol. The van der Waals surface area contributed by atoms with Crippen LogP contribution in [-0.2, 0) is 6.42 Å². The molecule has 0 aliphatic carbocycles. The molecule has 3 heteroatoms. The van der Waals surface area contributed by atoms with Crippen molar-refractivity contribution in [1.29, 1.82) is 0 Å². The van der Waals surface area contributed by atoms with Crippen LogP contribution in [0.15, 0.2) is 12.4 Å². The molecule has 0 saturated carbocycles. The molecule has 1 aromatic rings. The van der Waals surface area contributed by atoms with E-state index in [0.717, 1.165) is 19.4 Å². The minimum Gasteiger partial charge on any atom is -0.315 e. The number of nitrogens with zero attached hydrogens (tertiary/aromatic N) is 2. The quantitative estimate of drug-likeness (QED) is 0.720. The Balaban J connectivity index is 2.29. The third-order valence-electron chi connectivity index (χ3n) is 2.89. The minimum atomic E-state index is 0.516. The zero-order chi connectivity index (χ0) is 12.0. The summed E-state index contributed by atoms with van der Waals surface area (Å²) < 4.78 is 2.07. The summed E-state index contributed by atoms with van der Waals surface area (Å²) in [4.78, 5) is 0. The van der Waals surface area contributed by atoms with Crippen molar-refractivity contribution in [3.63, 3.8) is 0 Å². The molecule has 1 aromatic heterocycles. The Morgan fingerprint density at radius 2 is 2.12 bits per heavy atom. The first-order valence-electron chi connectivity index (χ1n) is 6.40. The van der Waals surface area contributed by atoms with Gasteiger partial charge in [0.2, 0.25) is 0 Å². The van der Waals surface area contributed by atoms with Crippen LogP contribution < -0.4 is 5.32 Å². The average Bonchev–Trinajstić information content (AvgIpc) is 2.71. The van der Waals surface area contributed by atoms with Gasteiger partial charge in [-0.05, 0) is 38.3 Å². The monoisotopic (exact) mass is 223 g/mol. The van der Waals surface area contributed by atoms with Gasteiger partial charge in [0.05, 0.1) is 6.20 Å². The van der Waals surface area contributed by atoms with Crippen molar-refractivity contribution in [3.05, 3.63) is 18.0 Å². The topological polar surface area (TPSA) is 29.9 Å². The summed E-state index contributed by atoms with van der Waals surface area (Å²) in [6.07, 6.45) is 7.63. The summed E-state index contributed by atoms with van der Waals surface area (Å²) in [6, 6.07) is 1.10. The highest BCUT2D eigenvalue weighted by Crippen LogP contribution is 2.10. The lowest BCUT2D eigenvalue weighted by Crippen LogP contribution is -2.23. The molecule has 16 heavy (non-hydrogen) atoms. The first kappa shape index (κ1) is 13.2. The van der Waals surface area contributed by atoms with E-state index in [9.17, 15) is 0 Å². The normalized spacial score (nSPS) is 13.3. The van der Waals surface area contributed by atoms with E-state index in [2.05, 4.69) is 49.0 Å². The van der Waals surface area contributed by atoms with E-state index in [-0.39, 0.29) is 0 Å². The van der Waals surface area contributed by atoms with Gasteiger partial charge >= 0.3 is 0 Å². The van der Waals surface area contributed by atoms with E-state index < -0.39 is 0 Å². The second-order valence-electron chi connectivity index (χ2n) is 4.80. The fourth-order valence-corrected chi connectivity index (χ4v) is 1.62. The maximum Gasteiger partial charge on any atom is 0.0521 e. The SMILES string of the molecule is CCC(C)n1cc(CCCNC(C)C)cn1. The number of aromatic nitrogens is 2. The molecule has 92 valence electrons. The Bertz CT molecular complexity index is 291. The van der Waals surface area contributed by atoms with Gasteiger partial charge in [-0.1, -0.05) is 20.8 Å². The van der Waals surface area contributed by atoms with E-state index in [1.165, 1.54) is 12.0 Å². The second kappa shape index (κ2) is 6.69. The lowest BCUT2D eigenvalue weighted by molar-refractivity contribution is 0.477. The molecule has 0 radical (unpaired) electrons. The van der Waals surface area contributed by atoms with Crippen molar-refractivity contribution in [1.82, 2.24) is 15.1 Å². The molecule has 0 aliphatic heterocycles. The first-order chi connectivity index (χ1) is 7.63. The molecule has 0 amide bonds. The Kier molecular flexibility index (Phi) is 5.53. The molecule has 1 N–H and O–H groups in total. The summed E-state index contributed by atoms with van der Waals surface area (Å²) in [5.74, 6) is 0. The molecule has 0 bridgehead atoms. The highest BCUT2D eigenvalue weighted by molar-refractivity contribution is 5.04. The highest BCUT2D eigenvalue weighted by atomic mass is 15.3. The van der Waals surface area contributed by atoms with E-state index in [0.29, 0.717) is 12.1 Å². The van der Waals surface area contributed by atoms with Gasteiger partial charge in [0.15, 0.2) is 0 Å². The van der Waals surface area contributed by atoms with Gasteiger partial charge in [-0.2, -0.15) is 5.10 Å². The van der Waals surface area contributed by atoms with Crippen LogP contribution >= 0.6 is 0 Å². The van der Waals surface area contributed by atoms with Gasteiger partial charge in [0.1, 0.15) is 0 Å². The van der Waals surface area contributed by atoms with Crippen LogP contribution in [0.2, 0.25) is 0 Å². The molecule has 0 saturated heterocycles. The Morgan fingerprint density at radius 1 is 1.38 bits per heavy atom. The van der Waals surface area contributed by atoms with Crippen LogP contribution in [0, 0.1) is 0 Å². The number of nitrogens with one attached hydrogen (secondary N) is 1. The van der Waals surface area contributed by atoms with E-state index >= 15 is 0 Å². The molecule has 1 atom stereocenters. The van der Waals surface area contributed by atoms with Gasteiger partial charge in [-0.15, -0.1) is 0 Å². The molecular formula is C13H25N3. The molecule has 1 rings (SSSR count). The molecule has 0 spiro atoms. The summed E-state index contributed by atoms with van der Waals surface area (Å²) >= 11 is 0. The largest absolute Gasteiger partial charge is 0.315 e. The van der Waals surface area contributed by atoms with Crippen molar-refractivity contribution in [3.8, 4) is 0 Å². The Morgan fingerprint density at radius 3 is 2.75 bits per heavy atom. The van der Waals surface area contributed by atoms with Gasteiger partial charge in [-0.3, -0.25) is 4.68 Å². The van der Waals surface area contributed by atoms with Crippen LogP contribution in [0.5, 0.6) is 0 Å². The van der Waals surface area contributed by atoms with Crippen molar-refractivity contribution < 1.29 is 0 Å². The van der Waals surface area contributed by atoms with Crippen molar-refractivity contribution in [2.75, 3.05) is 6.54 Å². The molecule has 1 unspecified atom stereocenters.